The third-order valence-corrected chi connectivity index (χ3v) is 4.40. The zero-order valence-electron chi connectivity index (χ0n) is 14.9. The molecule has 0 unspecified atom stereocenters. The van der Waals surface area contributed by atoms with Gasteiger partial charge in [0.25, 0.3) is 0 Å². The monoisotopic (exact) mass is 337 g/mol. The number of ether oxygens (including phenoxy) is 2. The van der Waals surface area contributed by atoms with Gasteiger partial charge in [0.2, 0.25) is 0 Å². The highest BCUT2D eigenvalue weighted by Crippen LogP contribution is 2.31. The summed E-state index contributed by atoms with van der Waals surface area (Å²) >= 11 is 0. The van der Waals surface area contributed by atoms with Crippen LogP contribution in [0.5, 0.6) is 0 Å². The molecular formula is C19H31NO4. The van der Waals surface area contributed by atoms with Crippen LogP contribution in [-0.4, -0.2) is 30.8 Å². The first-order chi connectivity index (χ1) is 11.6. The summed E-state index contributed by atoms with van der Waals surface area (Å²) in [5, 5.41) is 2.72. The molecule has 24 heavy (non-hydrogen) atoms. The van der Waals surface area contributed by atoms with Crippen LogP contribution in [0.1, 0.15) is 77.6 Å². The first kappa shape index (κ1) is 20.3. The fourth-order valence-electron chi connectivity index (χ4n) is 2.98. The van der Waals surface area contributed by atoms with Crippen molar-refractivity contribution in [2.75, 3.05) is 13.2 Å². The van der Waals surface area contributed by atoms with Gasteiger partial charge in [-0.15, -0.1) is 12.3 Å². The second-order valence-electron chi connectivity index (χ2n) is 6.41. The fourth-order valence-corrected chi connectivity index (χ4v) is 2.98. The summed E-state index contributed by atoms with van der Waals surface area (Å²) in [6.45, 7) is 2.76. The summed E-state index contributed by atoms with van der Waals surface area (Å²) in [5.74, 6) is 2.07. The SMILES string of the molecule is C#CCCOC(=O)NC1(C(=O)OCCCCCCCC)CCCC1. The number of unbranched alkanes of at least 4 members (excludes halogenated alkanes) is 5. The lowest BCUT2D eigenvalue weighted by molar-refractivity contribution is -0.151. The molecule has 1 aliphatic carbocycles. The lowest BCUT2D eigenvalue weighted by atomic mass is 9.98. The van der Waals surface area contributed by atoms with Gasteiger partial charge in [-0.25, -0.2) is 9.59 Å². The van der Waals surface area contributed by atoms with Gasteiger partial charge in [-0.05, 0) is 19.3 Å². The van der Waals surface area contributed by atoms with E-state index < -0.39 is 11.6 Å². The van der Waals surface area contributed by atoms with Crippen LogP contribution in [0.4, 0.5) is 4.79 Å². The molecule has 0 aromatic rings. The van der Waals surface area contributed by atoms with Gasteiger partial charge >= 0.3 is 12.1 Å². The molecule has 5 heteroatoms. The fraction of sp³-hybridized carbons (Fsp3) is 0.789. The van der Waals surface area contributed by atoms with Crippen LogP contribution in [0.2, 0.25) is 0 Å². The maximum absolute atomic E-state index is 12.4. The predicted molar refractivity (Wildman–Crippen MR) is 93.5 cm³/mol. The molecule has 1 rings (SSSR count). The van der Waals surface area contributed by atoms with E-state index in [1.54, 1.807) is 0 Å². The predicted octanol–water partition coefficient (Wildman–Crippen LogP) is 3.95. The molecule has 0 saturated heterocycles. The van der Waals surface area contributed by atoms with E-state index in [0.717, 1.165) is 25.7 Å². The molecule has 1 N–H and O–H groups in total. The highest BCUT2D eigenvalue weighted by atomic mass is 16.6. The second kappa shape index (κ2) is 11.8. The maximum atomic E-state index is 12.4. The Hall–Kier alpha value is -1.70. The molecule has 0 aliphatic heterocycles. The highest BCUT2D eigenvalue weighted by Gasteiger charge is 2.44. The number of terminal acetylenes is 1. The van der Waals surface area contributed by atoms with Gasteiger partial charge in [-0.2, -0.15) is 0 Å². The Balaban J connectivity index is 2.33. The Bertz CT molecular complexity index is 422. The largest absolute Gasteiger partial charge is 0.464 e. The first-order valence-corrected chi connectivity index (χ1v) is 9.20. The topological polar surface area (TPSA) is 64.6 Å². The van der Waals surface area contributed by atoms with Crippen molar-refractivity contribution in [2.45, 2.75) is 83.1 Å². The number of alkyl carbamates (subject to hydrolysis) is 1. The molecular weight excluding hydrogens is 306 g/mol. The molecule has 1 fully saturated rings. The van der Waals surface area contributed by atoms with Crippen molar-refractivity contribution >= 4 is 12.1 Å². The van der Waals surface area contributed by atoms with E-state index in [0.29, 0.717) is 25.9 Å². The Morgan fingerprint density at radius 2 is 1.71 bits per heavy atom. The molecule has 0 bridgehead atoms. The molecule has 0 spiro atoms. The van der Waals surface area contributed by atoms with Gasteiger partial charge in [-0.1, -0.05) is 51.9 Å². The number of carbonyl (C=O) groups is 2. The Labute approximate surface area is 145 Å². The first-order valence-electron chi connectivity index (χ1n) is 9.20. The number of nitrogens with one attached hydrogen (secondary N) is 1. The summed E-state index contributed by atoms with van der Waals surface area (Å²) in [6.07, 6.45) is 14.7. The summed E-state index contributed by atoms with van der Waals surface area (Å²) in [7, 11) is 0. The molecule has 0 atom stereocenters. The van der Waals surface area contributed by atoms with E-state index in [4.69, 9.17) is 15.9 Å². The molecule has 5 nitrogen and oxygen atoms in total. The van der Waals surface area contributed by atoms with Gasteiger partial charge in [0.05, 0.1) is 6.61 Å². The molecule has 1 saturated carbocycles. The molecule has 1 amide bonds. The zero-order valence-corrected chi connectivity index (χ0v) is 14.9. The van der Waals surface area contributed by atoms with Gasteiger partial charge in [0.15, 0.2) is 0 Å². The molecule has 136 valence electrons. The molecule has 0 heterocycles. The smallest absolute Gasteiger partial charge is 0.408 e. The average Bonchev–Trinajstić information content (AvgIpc) is 3.03. The van der Waals surface area contributed by atoms with E-state index in [1.807, 2.05) is 0 Å². The Morgan fingerprint density at radius 1 is 1.04 bits per heavy atom. The van der Waals surface area contributed by atoms with E-state index in [2.05, 4.69) is 18.2 Å². The van der Waals surface area contributed by atoms with Crippen molar-refractivity contribution in [3.63, 3.8) is 0 Å². The third-order valence-electron chi connectivity index (χ3n) is 4.40. The van der Waals surface area contributed by atoms with E-state index in [1.165, 1.54) is 25.7 Å². The van der Waals surface area contributed by atoms with Crippen LogP contribution in [0.25, 0.3) is 0 Å². The van der Waals surface area contributed by atoms with Crippen molar-refractivity contribution in [2.24, 2.45) is 0 Å². The number of rotatable bonds is 11. The van der Waals surface area contributed by atoms with E-state index in [-0.39, 0.29) is 12.6 Å². The van der Waals surface area contributed by atoms with Crippen LogP contribution in [0.3, 0.4) is 0 Å². The van der Waals surface area contributed by atoms with E-state index in [9.17, 15) is 9.59 Å². The quantitative estimate of drug-likeness (QED) is 0.352. The Morgan fingerprint density at radius 3 is 2.38 bits per heavy atom. The van der Waals surface area contributed by atoms with Crippen LogP contribution in [0.15, 0.2) is 0 Å². The molecule has 1 aliphatic rings. The van der Waals surface area contributed by atoms with Crippen molar-refractivity contribution in [1.82, 2.24) is 5.32 Å². The van der Waals surface area contributed by atoms with Gasteiger partial charge in [0, 0.05) is 6.42 Å². The third kappa shape index (κ3) is 7.25. The van der Waals surface area contributed by atoms with Gasteiger partial charge in [-0.3, -0.25) is 0 Å². The van der Waals surface area contributed by atoms with Gasteiger partial charge in [0.1, 0.15) is 12.1 Å². The summed E-state index contributed by atoms with van der Waals surface area (Å²) in [5.41, 5.74) is -0.921. The summed E-state index contributed by atoms with van der Waals surface area (Å²) in [6, 6.07) is 0. The maximum Gasteiger partial charge on any atom is 0.408 e. The van der Waals surface area contributed by atoms with Crippen molar-refractivity contribution in [3.05, 3.63) is 0 Å². The molecule has 0 radical (unpaired) electrons. The number of esters is 1. The zero-order chi connectivity index (χ0) is 17.7. The summed E-state index contributed by atoms with van der Waals surface area (Å²) in [4.78, 5) is 24.3. The lowest BCUT2D eigenvalue weighted by Gasteiger charge is -2.27. The van der Waals surface area contributed by atoms with Crippen LogP contribution >= 0.6 is 0 Å². The Kier molecular flexibility index (Phi) is 9.98. The van der Waals surface area contributed by atoms with E-state index >= 15 is 0 Å². The number of amides is 1. The number of carbonyl (C=O) groups excluding carboxylic acids is 2. The standard InChI is InChI=1S/C19H31NO4/c1-3-5-7-8-9-12-16-23-17(21)19(13-10-11-14-19)20-18(22)24-15-6-4-2/h2H,3,5-16H2,1H3,(H,20,22). The number of hydrogen-bond acceptors (Lipinski definition) is 4. The minimum Gasteiger partial charge on any atom is -0.464 e. The molecule has 0 aromatic heterocycles. The lowest BCUT2D eigenvalue weighted by Crippen LogP contribution is -2.53. The number of hydrogen-bond donors (Lipinski definition) is 1. The van der Waals surface area contributed by atoms with Crippen LogP contribution in [-0.2, 0) is 14.3 Å². The van der Waals surface area contributed by atoms with Gasteiger partial charge < -0.3 is 14.8 Å². The molecule has 0 aromatic carbocycles. The van der Waals surface area contributed by atoms with Crippen molar-refractivity contribution in [1.29, 1.82) is 0 Å². The second-order valence-corrected chi connectivity index (χ2v) is 6.41. The van der Waals surface area contributed by atoms with Crippen LogP contribution < -0.4 is 5.32 Å². The highest BCUT2D eigenvalue weighted by molar-refractivity contribution is 5.86. The average molecular weight is 337 g/mol. The minimum absolute atomic E-state index is 0.158. The van der Waals surface area contributed by atoms with Crippen molar-refractivity contribution < 1.29 is 19.1 Å². The van der Waals surface area contributed by atoms with Crippen LogP contribution in [0, 0.1) is 12.3 Å². The minimum atomic E-state index is -0.921. The normalized spacial score (nSPS) is 15.5. The summed E-state index contributed by atoms with van der Waals surface area (Å²) < 4.78 is 10.4. The van der Waals surface area contributed by atoms with Crippen molar-refractivity contribution in [3.8, 4) is 12.3 Å².